The van der Waals surface area contributed by atoms with Crippen LogP contribution in [0.3, 0.4) is 0 Å². The van der Waals surface area contributed by atoms with Crippen LogP contribution in [0.1, 0.15) is 43.5 Å². The highest BCUT2D eigenvalue weighted by atomic mass is 35.5. The number of benzene rings is 2. The Morgan fingerprint density at radius 2 is 1.97 bits per heavy atom. The number of hydrogen-bond acceptors (Lipinski definition) is 5. The minimum absolute atomic E-state index is 0.00655. The summed E-state index contributed by atoms with van der Waals surface area (Å²) in [5, 5.41) is 4.40. The molecule has 9 heteroatoms. The first-order valence-electron chi connectivity index (χ1n) is 10.7. The molecule has 0 radical (unpaired) electrons. The Hall–Kier alpha value is -2.90. The number of para-hydroxylation sites is 1. The number of carbonyl (C=O) groups excluding carboxylic acids is 2. The molecule has 0 aliphatic carbocycles. The second-order valence-corrected chi connectivity index (χ2v) is 8.49. The highest BCUT2D eigenvalue weighted by molar-refractivity contribution is 6.35. The lowest BCUT2D eigenvalue weighted by Crippen LogP contribution is -2.32. The molecule has 1 atom stereocenters. The summed E-state index contributed by atoms with van der Waals surface area (Å²) >= 11 is 12.3. The minimum atomic E-state index is -0.549. The van der Waals surface area contributed by atoms with Crippen molar-refractivity contribution in [1.82, 2.24) is 15.3 Å². The van der Waals surface area contributed by atoms with Crippen molar-refractivity contribution < 1.29 is 14.3 Å². The van der Waals surface area contributed by atoms with Crippen molar-refractivity contribution in [3.63, 3.8) is 0 Å². The van der Waals surface area contributed by atoms with Gasteiger partial charge in [0, 0.05) is 28.9 Å². The van der Waals surface area contributed by atoms with Gasteiger partial charge in [0.05, 0.1) is 17.3 Å². The predicted octanol–water partition coefficient (Wildman–Crippen LogP) is 4.41. The van der Waals surface area contributed by atoms with Crippen molar-refractivity contribution in [3.8, 4) is 0 Å². The van der Waals surface area contributed by atoms with E-state index in [0.29, 0.717) is 33.3 Å². The predicted molar refractivity (Wildman–Crippen MR) is 129 cm³/mol. The zero-order valence-electron chi connectivity index (χ0n) is 18.2. The second-order valence-electron chi connectivity index (χ2n) is 7.65. The number of aromatic nitrogens is 2. The van der Waals surface area contributed by atoms with E-state index in [9.17, 15) is 14.4 Å². The number of rotatable bonds is 10. The van der Waals surface area contributed by atoms with Gasteiger partial charge in [-0.25, -0.2) is 4.98 Å². The van der Waals surface area contributed by atoms with Crippen LogP contribution in [0.15, 0.2) is 47.3 Å². The number of aromatic amines is 1. The van der Waals surface area contributed by atoms with Gasteiger partial charge in [-0.15, -0.1) is 0 Å². The fourth-order valence-corrected chi connectivity index (χ4v) is 4.09. The van der Waals surface area contributed by atoms with Crippen LogP contribution in [0.5, 0.6) is 0 Å². The van der Waals surface area contributed by atoms with E-state index in [4.69, 9.17) is 27.9 Å². The van der Waals surface area contributed by atoms with Crippen LogP contribution in [-0.4, -0.2) is 35.0 Å². The van der Waals surface area contributed by atoms with Gasteiger partial charge in [-0.3, -0.25) is 14.4 Å². The molecule has 3 aromatic rings. The molecule has 1 amide bonds. The third kappa shape index (κ3) is 7.04. The van der Waals surface area contributed by atoms with E-state index >= 15 is 0 Å². The molecular formula is C24H25Cl2N3O4. The molecule has 3 rings (SSSR count). The zero-order valence-corrected chi connectivity index (χ0v) is 19.7. The summed E-state index contributed by atoms with van der Waals surface area (Å²) in [5.74, 6) is -0.531. The summed E-state index contributed by atoms with van der Waals surface area (Å²) in [4.78, 5) is 43.4. The molecule has 0 bridgehead atoms. The molecule has 0 fully saturated rings. The second kappa shape index (κ2) is 11.8. The van der Waals surface area contributed by atoms with Crippen LogP contribution in [0.25, 0.3) is 10.9 Å². The first-order valence-corrected chi connectivity index (χ1v) is 11.5. The van der Waals surface area contributed by atoms with E-state index in [1.807, 2.05) is 6.07 Å². The summed E-state index contributed by atoms with van der Waals surface area (Å²) in [5.41, 5.74) is 1.22. The number of amides is 1. The van der Waals surface area contributed by atoms with E-state index in [-0.39, 0.29) is 30.9 Å². The number of carbonyl (C=O) groups is 2. The lowest BCUT2D eigenvalue weighted by molar-refractivity contribution is -0.148. The first-order chi connectivity index (χ1) is 15.9. The van der Waals surface area contributed by atoms with Crippen LogP contribution >= 0.6 is 23.2 Å². The molecule has 33 heavy (non-hydrogen) atoms. The van der Waals surface area contributed by atoms with Gasteiger partial charge in [0.1, 0.15) is 5.82 Å². The maximum atomic E-state index is 12.2. The summed E-state index contributed by atoms with van der Waals surface area (Å²) in [6.45, 7) is 2.04. The fourth-order valence-electron chi connectivity index (χ4n) is 3.53. The van der Waals surface area contributed by atoms with E-state index < -0.39 is 11.9 Å². The van der Waals surface area contributed by atoms with E-state index in [0.717, 1.165) is 18.4 Å². The lowest BCUT2D eigenvalue weighted by Gasteiger charge is -2.19. The standard InChI is InChI=1S/C24H25Cl2N3O4/c1-2-5-15(17-9-8-16(25)12-19(17)26)13-27-22(30)14-33-23(31)11-10-21-28-20-7-4-3-6-18(20)24(32)29-21/h3-4,6-9,12,15H,2,5,10-11,13-14H2,1H3,(H,27,30)(H,28,29,32)/t15-/m1/s1. The summed E-state index contributed by atoms with van der Waals surface area (Å²) in [6, 6.07) is 12.3. The summed E-state index contributed by atoms with van der Waals surface area (Å²) in [7, 11) is 0. The highest BCUT2D eigenvalue weighted by Crippen LogP contribution is 2.30. The molecule has 174 valence electrons. The Labute approximate surface area is 201 Å². The van der Waals surface area contributed by atoms with Crippen molar-refractivity contribution in [2.75, 3.05) is 13.2 Å². The van der Waals surface area contributed by atoms with Gasteiger partial charge in [0.25, 0.3) is 11.5 Å². The Kier molecular flexibility index (Phi) is 8.86. The molecule has 0 saturated heterocycles. The van der Waals surface area contributed by atoms with Crippen LogP contribution in [-0.2, 0) is 20.7 Å². The molecule has 1 aromatic heterocycles. The molecule has 2 N–H and O–H groups in total. The molecule has 1 heterocycles. The molecule has 7 nitrogen and oxygen atoms in total. The number of nitrogens with one attached hydrogen (secondary N) is 2. The van der Waals surface area contributed by atoms with E-state index in [1.54, 1.807) is 36.4 Å². The number of H-pyrrole nitrogens is 1. The lowest BCUT2D eigenvalue weighted by atomic mass is 9.94. The number of halogens is 2. The van der Waals surface area contributed by atoms with Gasteiger partial charge < -0.3 is 15.0 Å². The van der Waals surface area contributed by atoms with Crippen molar-refractivity contribution >= 4 is 46.0 Å². The number of ether oxygens (including phenoxy) is 1. The van der Waals surface area contributed by atoms with Crippen molar-refractivity contribution in [2.24, 2.45) is 0 Å². The molecule has 0 spiro atoms. The number of nitrogens with zero attached hydrogens (tertiary/aromatic N) is 1. The largest absolute Gasteiger partial charge is 0.456 e. The third-order valence-corrected chi connectivity index (χ3v) is 5.74. The number of hydrogen-bond donors (Lipinski definition) is 2. The van der Waals surface area contributed by atoms with Crippen LogP contribution in [0, 0.1) is 0 Å². The van der Waals surface area contributed by atoms with Gasteiger partial charge in [-0.1, -0.05) is 54.7 Å². The van der Waals surface area contributed by atoms with Gasteiger partial charge in [-0.2, -0.15) is 0 Å². The van der Waals surface area contributed by atoms with Crippen LogP contribution < -0.4 is 10.9 Å². The molecule has 0 aliphatic rings. The van der Waals surface area contributed by atoms with Gasteiger partial charge >= 0.3 is 5.97 Å². The van der Waals surface area contributed by atoms with Crippen molar-refractivity contribution in [2.45, 2.75) is 38.5 Å². The van der Waals surface area contributed by atoms with Gasteiger partial charge in [0.2, 0.25) is 0 Å². The number of fused-ring (bicyclic) bond motifs is 1. The Morgan fingerprint density at radius 3 is 2.73 bits per heavy atom. The minimum Gasteiger partial charge on any atom is -0.456 e. The van der Waals surface area contributed by atoms with Crippen LogP contribution in [0.2, 0.25) is 10.0 Å². The molecule has 2 aromatic carbocycles. The average molecular weight is 490 g/mol. The summed E-state index contributed by atoms with van der Waals surface area (Å²) in [6.07, 6.45) is 1.94. The Balaban J connectivity index is 1.47. The summed E-state index contributed by atoms with van der Waals surface area (Å²) < 4.78 is 5.07. The van der Waals surface area contributed by atoms with Crippen LogP contribution in [0.4, 0.5) is 0 Å². The SMILES string of the molecule is CCC[C@H](CNC(=O)COC(=O)CCc1nc2ccccc2c(=O)[nH]1)c1ccc(Cl)cc1Cl. The topological polar surface area (TPSA) is 101 Å². The van der Waals surface area contributed by atoms with Crippen molar-refractivity contribution in [3.05, 3.63) is 74.3 Å². The normalized spacial score (nSPS) is 11.8. The van der Waals surface area contributed by atoms with Crippen molar-refractivity contribution in [1.29, 1.82) is 0 Å². The highest BCUT2D eigenvalue weighted by Gasteiger charge is 2.16. The molecule has 0 aliphatic heterocycles. The average Bonchev–Trinajstić information content (AvgIpc) is 2.79. The first kappa shape index (κ1) is 24.7. The third-order valence-electron chi connectivity index (χ3n) is 5.18. The number of aryl methyl sites for hydroxylation is 1. The zero-order chi connectivity index (χ0) is 23.8. The number of esters is 1. The maximum absolute atomic E-state index is 12.2. The Bertz CT molecular complexity index is 1200. The molecular weight excluding hydrogens is 465 g/mol. The van der Waals surface area contributed by atoms with Gasteiger partial charge in [0.15, 0.2) is 6.61 Å². The Morgan fingerprint density at radius 1 is 1.18 bits per heavy atom. The molecule has 0 unspecified atom stereocenters. The van der Waals surface area contributed by atoms with E-state index in [2.05, 4.69) is 22.2 Å². The quantitative estimate of drug-likeness (QED) is 0.410. The fraction of sp³-hybridized carbons (Fsp3) is 0.333. The van der Waals surface area contributed by atoms with E-state index in [1.165, 1.54) is 0 Å². The monoisotopic (exact) mass is 489 g/mol. The van der Waals surface area contributed by atoms with Gasteiger partial charge in [-0.05, 0) is 36.2 Å². The smallest absolute Gasteiger partial charge is 0.306 e. The molecule has 0 saturated carbocycles. The maximum Gasteiger partial charge on any atom is 0.306 e.